The molecule has 2 aromatic rings. The van der Waals surface area contributed by atoms with Gasteiger partial charge >= 0.3 is 0 Å². The fraction of sp³-hybridized carbons (Fsp3) is 0.542. The Labute approximate surface area is 214 Å². The molecule has 1 aromatic heterocycles. The van der Waals surface area contributed by atoms with E-state index in [0.29, 0.717) is 36.8 Å². The summed E-state index contributed by atoms with van der Waals surface area (Å²) in [6.45, 7) is 8.84. The maximum Gasteiger partial charge on any atom is 0.286 e. The second kappa shape index (κ2) is 12.1. The molecule has 1 saturated heterocycles. The molecule has 0 bridgehead atoms. The Morgan fingerprint density at radius 2 is 1.92 bits per heavy atom. The van der Waals surface area contributed by atoms with Gasteiger partial charge in [0.25, 0.3) is 11.8 Å². The Hall–Kier alpha value is -3.25. The minimum absolute atomic E-state index is 0.0203. The van der Waals surface area contributed by atoms with Gasteiger partial charge in [-0.3, -0.25) is 14.4 Å². The standard InChI is InChI=1S/C24H32N6O5S/c1-3-29(4-2)11-6-10-25-20(31)16-7-5-12-30(14-16)24(33)23-28-27-22(36-23)21(32)26-17-8-9-18-19(13-17)35-15-34-18/h8-9,13,16H,3-7,10-12,14-15H2,1-2H3,(H,25,31)(H,26,32)/t16-/m0/s1. The predicted octanol–water partition coefficient (Wildman–Crippen LogP) is 2.22. The number of carbonyl (C=O) groups is 3. The summed E-state index contributed by atoms with van der Waals surface area (Å²) in [7, 11) is 0. The highest BCUT2D eigenvalue weighted by molar-refractivity contribution is 7.15. The Bertz CT molecular complexity index is 1090. The minimum atomic E-state index is -0.467. The predicted molar refractivity (Wildman–Crippen MR) is 134 cm³/mol. The van der Waals surface area contributed by atoms with Crippen LogP contribution in [0, 0.1) is 5.92 Å². The van der Waals surface area contributed by atoms with Crippen molar-refractivity contribution in [3.05, 3.63) is 28.2 Å². The molecular weight excluding hydrogens is 484 g/mol. The molecule has 0 spiro atoms. The lowest BCUT2D eigenvalue weighted by Gasteiger charge is -2.31. The molecule has 2 N–H and O–H groups in total. The molecule has 12 heteroatoms. The quantitative estimate of drug-likeness (QED) is 0.461. The van der Waals surface area contributed by atoms with Crippen LogP contribution < -0.4 is 20.1 Å². The van der Waals surface area contributed by atoms with Crippen molar-refractivity contribution in [2.75, 3.05) is 51.4 Å². The van der Waals surface area contributed by atoms with Gasteiger partial charge in [0.1, 0.15) is 0 Å². The third-order valence-corrected chi connectivity index (χ3v) is 7.27. The van der Waals surface area contributed by atoms with Crippen LogP contribution in [0.2, 0.25) is 0 Å². The van der Waals surface area contributed by atoms with E-state index in [1.165, 1.54) is 0 Å². The van der Waals surface area contributed by atoms with Gasteiger partial charge in [-0.25, -0.2) is 0 Å². The number of carbonyl (C=O) groups excluding carboxylic acids is 3. The maximum atomic E-state index is 13.0. The number of piperidine rings is 1. The van der Waals surface area contributed by atoms with E-state index >= 15 is 0 Å². The number of aromatic nitrogens is 2. The first-order chi connectivity index (χ1) is 17.5. The van der Waals surface area contributed by atoms with E-state index in [1.54, 1.807) is 23.1 Å². The van der Waals surface area contributed by atoms with E-state index in [0.717, 1.165) is 50.2 Å². The van der Waals surface area contributed by atoms with Gasteiger partial charge in [-0.1, -0.05) is 25.2 Å². The number of nitrogens with zero attached hydrogens (tertiary/aromatic N) is 4. The molecule has 1 atom stereocenters. The Balaban J connectivity index is 1.28. The van der Waals surface area contributed by atoms with Crippen LogP contribution in [-0.4, -0.2) is 83.8 Å². The van der Waals surface area contributed by atoms with Crippen LogP contribution in [0.3, 0.4) is 0 Å². The third-order valence-electron chi connectivity index (χ3n) is 6.36. The van der Waals surface area contributed by atoms with Crippen molar-refractivity contribution in [3.63, 3.8) is 0 Å². The van der Waals surface area contributed by atoms with E-state index in [2.05, 4.69) is 39.6 Å². The third kappa shape index (κ3) is 6.30. The van der Waals surface area contributed by atoms with Gasteiger partial charge in [0.15, 0.2) is 11.5 Å². The number of fused-ring (bicyclic) bond motifs is 1. The zero-order chi connectivity index (χ0) is 25.5. The average Bonchev–Trinajstić information content (AvgIpc) is 3.58. The van der Waals surface area contributed by atoms with Crippen molar-refractivity contribution in [2.24, 2.45) is 5.92 Å². The first-order valence-electron chi connectivity index (χ1n) is 12.3. The molecule has 0 saturated carbocycles. The van der Waals surface area contributed by atoms with Crippen LogP contribution in [0.4, 0.5) is 5.69 Å². The van der Waals surface area contributed by atoms with Crippen LogP contribution in [0.25, 0.3) is 0 Å². The van der Waals surface area contributed by atoms with Gasteiger partial charge < -0.3 is 29.9 Å². The Morgan fingerprint density at radius 3 is 2.72 bits per heavy atom. The summed E-state index contributed by atoms with van der Waals surface area (Å²) in [5.74, 6) is 0.115. The molecule has 2 aliphatic heterocycles. The molecular formula is C24H32N6O5S. The Kier molecular flexibility index (Phi) is 8.70. The molecule has 0 unspecified atom stereocenters. The van der Waals surface area contributed by atoms with Crippen LogP contribution in [0.5, 0.6) is 11.5 Å². The molecule has 2 aliphatic rings. The van der Waals surface area contributed by atoms with Gasteiger partial charge in [-0.05, 0) is 51.0 Å². The first kappa shape index (κ1) is 25.8. The van der Waals surface area contributed by atoms with Crippen molar-refractivity contribution < 1.29 is 23.9 Å². The van der Waals surface area contributed by atoms with E-state index in [4.69, 9.17) is 9.47 Å². The Morgan fingerprint density at radius 1 is 1.14 bits per heavy atom. The van der Waals surface area contributed by atoms with Crippen LogP contribution in [0.15, 0.2) is 18.2 Å². The molecule has 11 nitrogen and oxygen atoms in total. The van der Waals surface area contributed by atoms with Crippen LogP contribution in [0.1, 0.15) is 52.7 Å². The zero-order valence-corrected chi connectivity index (χ0v) is 21.4. The number of anilines is 1. The summed E-state index contributed by atoms with van der Waals surface area (Å²) in [6, 6.07) is 5.07. The number of hydrogen-bond donors (Lipinski definition) is 2. The van der Waals surface area contributed by atoms with Crippen molar-refractivity contribution in [3.8, 4) is 11.5 Å². The van der Waals surface area contributed by atoms with E-state index in [-0.39, 0.29) is 34.5 Å². The number of benzene rings is 1. The molecule has 36 heavy (non-hydrogen) atoms. The van der Waals surface area contributed by atoms with Crippen LogP contribution in [-0.2, 0) is 4.79 Å². The molecule has 1 aromatic carbocycles. The summed E-state index contributed by atoms with van der Waals surface area (Å²) in [4.78, 5) is 42.3. The minimum Gasteiger partial charge on any atom is -0.454 e. The van der Waals surface area contributed by atoms with Gasteiger partial charge in [0.2, 0.25) is 22.7 Å². The molecule has 0 aliphatic carbocycles. The summed E-state index contributed by atoms with van der Waals surface area (Å²) in [5.41, 5.74) is 0.523. The van der Waals surface area contributed by atoms with Crippen molar-refractivity contribution in [1.82, 2.24) is 25.3 Å². The fourth-order valence-corrected chi connectivity index (χ4v) is 4.98. The lowest BCUT2D eigenvalue weighted by Crippen LogP contribution is -2.45. The summed E-state index contributed by atoms with van der Waals surface area (Å²) < 4.78 is 10.6. The second-order valence-electron chi connectivity index (χ2n) is 8.70. The SMILES string of the molecule is CCN(CC)CCCNC(=O)[C@H]1CCCN(C(=O)c2nnc(C(=O)Nc3ccc4c(c3)OCO4)s2)C1. The van der Waals surface area contributed by atoms with Crippen molar-refractivity contribution >= 4 is 34.7 Å². The fourth-order valence-electron chi connectivity index (χ4n) is 4.27. The molecule has 194 valence electrons. The molecule has 1 fully saturated rings. The number of likely N-dealkylation sites (tertiary alicyclic amines) is 1. The van der Waals surface area contributed by atoms with E-state index < -0.39 is 5.91 Å². The van der Waals surface area contributed by atoms with E-state index in [1.807, 2.05) is 0 Å². The lowest BCUT2D eigenvalue weighted by molar-refractivity contribution is -0.126. The van der Waals surface area contributed by atoms with Gasteiger partial charge in [-0.15, -0.1) is 10.2 Å². The number of rotatable bonds is 10. The van der Waals surface area contributed by atoms with Gasteiger partial charge in [-0.2, -0.15) is 0 Å². The smallest absolute Gasteiger partial charge is 0.286 e. The summed E-state index contributed by atoms with van der Waals surface area (Å²) >= 11 is 0.934. The highest BCUT2D eigenvalue weighted by Crippen LogP contribution is 2.34. The largest absolute Gasteiger partial charge is 0.454 e. The highest BCUT2D eigenvalue weighted by atomic mass is 32.1. The summed E-state index contributed by atoms with van der Waals surface area (Å²) in [5, 5.41) is 13.8. The highest BCUT2D eigenvalue weighted by Gasteiger charge is 2.31. The summed E-state index contributed by atoms with van der Waals surface area (Å²) in [6.07, 6.45) is 2.37. The molecule has 4 rings (SSSR count). The monoisotopic (exact) mass is 516 g/mol. The normalized spacial score (nSPS) is 16.8. The number of nitrogens with one attached hydrogen (secondary N) is 2. The van der Waals surface area contributed by atoms with E-state index in [9.17, 15) is 14.4 Å². The maximum absolute atomic E-state index is 13.0. The number of hydrogen-bond acceptors (Lipinski definition) is 9. The first-order valence-corrected chi connectivity index (χ1v) is 13.1. The zero-order valence-electron chi connectivity index (χ0n) is 20.6. The molecule has 3 amide bonds. The average molecular weight is 517 g/mol. The molecule has 3 heterocycles. The number of ether oxygens (including phenoxy) is 2. The number of amides is 3. The topological polar surface area (TPSA) is 126 Å². The van der Waals surface area contributed by atoms with Crippen molar-refractivity contribution in [2.45, 2.75) is 33.1 Å². The molecule has 0 radical (unpaired) electrons. The lowest BCUT2D eigenvalue weighted by atomic mass is 9.97. The van der Waals surface area contributed by atoms with Crippen LogP contribution >= 0.6 is 11.3 Å². The van der Waals surface area contributed by atoms with Gasteiger partial charge in [0, 0.05) is 31.4 Å². The second-order valence-corrected chi connectivity index (χ2v) is 9.67. The van der Waals surface area contributed by atoms with Gasteiger partial charge in [0.05, 0.1) is 5.92 Å². The van der Waals surface area contributed by atoms with Crippen molar-refractivity contribution in [1.29, 1.82) is 0 Å².